The Morgan fingerprint density at radius 1 is 0.440 bits per heavy atom. The zero-order valence-corrected chi connectivity index (χ0v) is 64.5. The number of pyridine rings is 1. The second-order valence-electron chi connectivity index (χ2n) is 27.5. The molecule has 544 valence electrons. The van der Waals surface area contributed by atoms with Crippen LogP contribution in [0, 0.1) is 36.5 Å². The molecule has 2 aliphatic heterocycles. The lowest BCUT2D eigenvalue weighted by molar-refractivity contribution is 0.0338. The molecule has 0 amide bonds. The van der Waals surface area contributed by atoms with Gasteiger partial charge in [0.1, 0.15) is 0 Å². The molecule has 13 rings (SSSR count). The maximum absolute atomic E-state index is 5.26. The third kappa shape index (κ3) is 48.4. The van der Waals surface area contributed by atoms with Gasteiger partial charge in [-0.25, -0.2) is 14.3 Å². The minimum absolute atomic E-state index is 0. The summed E-state index contributed by atoms with van der Waals surface area (Å²) in [5, 5.41) is 17.4. The van der Waals surface area contributed by atoms with E-state index in [4.69, 9.17) is 4.74 Å². The van der Waals surface area contributed by atoms with Crippen LogP contribution in [0.5, 0.6) is 0 Å². The van der Waals surface area contributed by atoms with Crippen LogP contribution in [0.15, 0.2) is 249 Å². The number of para-hydroxylation sites is 1. The van der Waals surface area contributed by atoms with Gasteiger partial charge in [0.15, 0.2) is 0 Å². The van der Waals surface area contributed by atoms with E-state index in [1.54, 1.807) is 43.5 Å². The zero-order chi connectivity index (χ0) is 72.7. The number of hydrogen-bond donors (Lipinski definition) is 1. The highest BCUT2D eigenvalue weighted by Crippen LogP contribution is 2.23. The monoisotopic (exact) mass is 1380 g/mol. The van der Waals surface area contributed by atoms with Crippen molar-refractivity contribution in [2.75, 3.05) is 39.4 Å². The Morgan fingerprint density at radius 3 is 1.29 bits per heavy atom. The van der Waals surface area contributed by atoms with Crippen LogP contribution in [0.2, 0.25) is 0 Å². The number of piperidine rings is 1. The molecule has 0 bridgehead atoms. The van der Waals surface area contributed by atoms with E-state index < -0.39 is 0 Å². The van der Waals surface area contributed by atoms with Gasteiger partial charge in [-0.1, -0.05) is 252 Å². The second kappa shape index (κ2) is 57.4. The summed E-state index contributed by atoms with van der Waals surface area (Å²) in [6.45, 7) is 47.5. The van der Waals surface area contributed by atoms with Crippen LogP contribution in [0.1, 0.15) is 173 Å². The number of hydrogen-bond acceptors (Lipinski definition) is 10. The van der Waals surface area contributed by atoms with Gasteiger partial charge >= 0.3 is 0 Å². The summed E-state index contributed by atoms with van der Waals surface area (Å²) in [5.41, 5.74) is 10.7. The minimum atomic E-state index is 0. The summed E-state index contributed by atoms with van der Waals surface area (Å²) < 4.78 is 15.2. The van der Waals surface area contributed by atoms with Crippen LogP contribution in [0.4, 0.5) is 0 Å². The number of H-pyrrole nitrogens is 1. The lowest BCUT2D eigenvalue weighted by Gasteiger charge is -2.26. The summed E-state index contributed by atoms with van der Waals surface area (Å²) in [6.07, 6.45) is 22.4. The van der Waals surface area contributed by atoms with Gasteiger partial charge in [0.2, 0.25) is 0 Å². The molecule has 0 aliphatic carbocycles. The van der Waals surface area contributed by atoms with Gasteiger partial charge in [0, 0.05) is 93.0 Å². The van der Waals surface area contributed by atoms with Crippen molar-refractivity contribution in [2.45, 2.75) is 170 Å². The Hall–Kier alpha value is -8.40. The largest absolute Gasteiger partial charge is 0.379 e. The van der Waals surface area contributed by atoms with E-state index in [1.165, 1.54) is 71.8 Å². The highest BCUT2D eigenvalue weighted by molar-refractivity contribution is 7.03. The van der Waals surface area contributed by atoms with Crippen LogP contribution in [-0.4, -0.2) is 97.9 Å². The molecule has 8 heterocycles. The van der Waals surface area contributed by atoms with E-state index in [1.807, 2.05) is 153 Å². The molecule has 6 aromatic heterocycles. The van der Waals surface area contributed by atoms with E-state index in [9.17, 15) is 0 Å². The third-order valence-corrected chi connectivity index (χ3v) is 13.1. The van der Waals surface area contributed by atoms with Gasteiger partial charge in [-0.15, -0.1) is 0 Å². The fourth-order valence-electron chi connectivity index (χ4n) is 8.22. The number of ether oxygens (including phenoxy) is 1. The van der Waals surface area contributed by atoms with Crippen LogP contribution in [0.25, 0.3) is 28.3 Å². The average molecular weight is 1380 g/mol. The first-order valence-corrected chi connectivity index (χ1v) is 36.5. The molecular weight excluding hydrogens is 1250 g/mol. The molecule has 14 heteroatoms. The number of likely N-dealkylation sites (tertiary alicyclic amines) is 1. The number of morpholine rings is 1. The van der Waals surface area contributed by atoms with Crippen LogP contribution in [0.3, 0.4) is 0 Å². The van der Waals surface area contributed by atoms with Crippen LogP contribution >= 0.6 is 11.5 Å². The minimum Gasteiger partial charge on any atom is -0.379 e. The molecule has 13 nitrogen and oxygen atoms in total. The Balaban J connectivity index is 0.000000566. The third-order valence-electron chi connectivity index (χ3n) is 12.5. The zero-order valence-electron chi connectivity index (χ0n) is 63.6. The SMILES string of the molecule is C.CC(C)C.CC(C)C.CC(C)C.CC(C)C.CC(C)C.CC(C)c1cc(-n2cccn2)cc(-n2cccn2)c1.Cc1ccccc1.c1cc(CN2CCOCC2)ns1.c1ccc(-c2ccn[nH]2)cc1.c1ccc(-n2ccnc2)cc1.c1ccc(CN2CCCCC2)cc1.c1ccncc1. The highest BCUT2D eigenvalue weighted by Gasteiger charge is 2.12. The fraction of sp³-hybridized carbons (Fsp3) is 0.419. The van der Waals surface area contributed by atoms with Crippen molar-refractivity contribution in [2.24, 2.45) is 29.6 Å². The maximum atomic E-state index is 5.26. The number of rotatable bonds is 9. The van der Waals surface area contributed by atoms with Crippen molar-refractivity contribution in [3.8, 4) is 28.3 Å². The van der Waals surface area contributed by atoms with E-state index in [0.29, 0.717) is 5.92 Å². The molecule has 0 radical (unpaired) electrons. The van der Waals surface area contributed by atoms with Gasteiger partial charge < -0.3 is 9.30 Å². The Labute approximate surface area is 610 Å². The topological polar surface area (TPSA) is 124 Å². The molecule has 1 N–H and O–H groups in total. The molecule has 0 spiro atoms. The molecule has 0 atom stereocenters. The van der Waals surface area contributed by atoms with Gasteiger partial charge in [0.25, 0.3) is 0 Å². The maximum Gasteiger partial charge on any atom is 0.0991 e. The lowest BCUT2D eigenvalue weighted by atomic mass is 10.0. The summed E-state index contributed by atoms with van der Waals surface area (Å²) in [4.78, 5) is 12.7. The summed E-state index contributed by atoms with van der Waals surface area (Å²) in [6, 6.07) is 61.3. The summed E-state index contributed by atoms with van der Waals surface area (Å²) >= 11 is 1.52. The highest BCUT2D eigenvalue weighted by atomic mass is 32.1. The Bertz CT molecular complexity index is 3210. The molecule has 100 heavy (non-hydrogen) atoms. The first-order valence-electron chi connectivity index (χ1n) is 35.7. The number of aromatic amines is 1. The lowest BCUT2D eigenvalue weighted by Crippen LogP contribution is -2.35. The second-order valence-corrected chi connectivity index (χ2v) is 28.2. The van der Waals surface area contributed by atoms with E-state index in [-0.39, 0.29) is 7.43 Å². The van der Waals surface area contributed by atoms with Gasteiger partial charge in [0.05, 0.1) is 42.3 Å². The Kier molecular flexibility index (Phi) is 51.4. The molecular formula is C86H128N12OS. The van der Waals surface area contributed by atoms with Gasteiger partial charge in [-0.2, -0.15) is 19.7 Å². The standard InChI is InChI=1S/C15H16N4.C12H17N.2C9H8N2.C8H12N2OS.C7H8.C5H5N.5C4H10.CH4/c1-12(2)13-9-14(18-7-3-5-16-18)11-15(10-13)19-8-4-6-17-19;1-3-7-12(8-4-1)11-13-9-5-2-6-10-13;1-2-4-9(5-3-1)11-7-6-10-8-11;1-2-4-8(5-3-1)9-6-7-10-11-9;1-6-12-9-8(1)7-10-2-4-11-5-3-10;1-7-5-3-2-4-6-7;1-2-4-6-5-3-1;5*1-4(2)3;/h3-12H,1-2H3;1,3-4,7-8H,2,5-6,9-11H2;1-8H;1-7H,(H,10,11);1,6H,2-5,7H2;2-6H,1H3;1-5H;5*4H,1-3H3;1H4. The quantitative estimate of drug-likeness (QED) is 0.150. The van der Waals surface area contributed by atoms with E-state index >= 15 is 0 Å². The average Bonchev–Trinajstić information content (AvgIpc) is 1.47. The summed E-state index contributed by atoms with van der Waals surface area (Å²) in [5.74, 6) is 4.63. The molecule has 11 aromatic rings. The van der Waals surface area contributed by atoms with E-state index in [2.05, 4.69) is 236 Å². The number of aromatic nitrogens is 10. The smallest absolute Gasteiger partial charge is 0.0991 e. The van der Waals surface area contributed by atoms with Crippen molar-refractivity contribution in [3.63, 3.8) is 0 Å². The van der Waals surface area contributed by atoms with Crippen molar-refractivity contribution in [1.29, 1.82) is 0 Å². The summed E-state index contributed by atoms with van der Waals surface area (Å²) in [7, 11) is 0. The number of nitrogens with zero attached hydrogens (tertiary/aromatic N) is 11. The van der Waals surface area contributed by atoms with Crippen molar-refractivity contribution < 1.29 is 4.74 Å². The van der Waals surface area contributed by atoms with Gasteiger partial charge in [-0.05, 0) is 163 Å². The number of nitrogens with one attached hydrogen (secondary N) is 1. The van der Waals surface area contributed by atoms with Crippen molar-refractivity contribution in [1.82, 2.24) is 58.5 Å². The number of benzene rings is 5. The number of aryl methyl sites for hydroxylation is 1. The first kappa shape index (κ1) is 89.6. The fourth-order valence-corrected chi connectivity index (χ4v) is 8.75. The molecule has 0 saturated carbocycles. The molecule has 2 fully saturated rings. The molecule has 0 unspecified atom stereocenters. The number of imidazole rings is 1. The first-order chi connectivity index (χ1) is 47.6. The predicted molar refractivity (Wildman–Crippen MR) is 431 cm³/mol. The van der Waals surface area contributed by atoms with Crippen molar-refractivity contribution >= 4 is 11.5 Å². The Morgan fingerprint density at radius 2 is 0.910 bits per heavy atom. The predicted octanol–water partition coefficient (Wildman–Crippen LogP) is 22.8. The van der Waals surface area contributed by atoms with Crippen LogP contribution < -0.4 is 0 Å². The van der Waals surface area contributed by atoms with E-state index in [0.717, 1.165) is 91.7 Å². The molecule has 2 aliphatic rings. The molecule has 5 aromatic carbocycles. The normalized spacial score (nSPS) is 12.0. The van der Waals surface area contributed by atoms with Gasteiger partial charge in [-0.3, -0.25) is 19.9 Å². The van der Waals surface area contributed by atoms with Crippen molar-refractivity contribution in [3.05, 3.63) is 272 Å². The van der Waals surface area contributed by atoms with Crippen LogP contribution in [-0.2, 0) is 17.8 Å². The molecule has 2 saturated heterocycles.